The second-order valence-electron chi connectivity index (χ2n) is 17.3. The zero-order valence-corrected chi connectivity index (χ0v) is 29.8. The van der Waals surface area contributed by atoms with E-state index in [-0.39, 0.29) is 17.4 Å². The highest BCUT2D eigenvalue weighted by Crippen LogP contribution is 2.69. The lowest BCUT2D eigenvalue weighted by Gasteiger charge is -2.65. The van der Waals surface area contributed by atoms with Crippen molar-refractivity contribution in [2.24, 2.45) is 45.8 Å². The van der Waals surface area contributed by atoms with Crippen molar-refractivity contribution < 1.29 is 9.90 Å². The molecular weight excluding hydrogens is 564 g/mol. The van der Waals surface area contributed by atoms with Gasteiger partial charge in [0.25, 0.3) is 5.91 Å². The first kappa shape index (κ1) is 33.6. The van der Waals surface area contributed by atoms with Gasteiger partial charge in [-0.3, -0.25) is 4.79 Å². The van der Waals surface area contributed by atoms with Crippen LogP contribution in [0.3, 0.4) is 0 Å². The molecule has 2 aromatic carbocycles. The quantitative estimate of drug-likeness (QED) is 0.276. The maximum Gasteiger partial charge on any atom is 0.251 e. The Morgan fingerprint density at radius 1 is 0.935 bits per heavy atom. The largest absolute Gasteiger partial charge is 0.393 e. The molecule has 0 saturated heterocycles. The van der Waals surface area contributed by atoms with Crippen molar-refractivity contribution in [3.63, 3.8) is 0 Å². The van der Waals surface area contributed by atoms with Gasteiger partial charge in [-0.25, -0.2) is 0 Å². The van der Waals surface area contributed by atoms with Crippen LogP contribution in [0.4, 0.5) is 5.69 Å². The fourth-order valence-electron chi connectivity index (χ4n) is 11.7. The number of hydrogen-bond donors (Lipinski definition) is 2. The van der Waals surface area contributed by atoms with E-state index in [2.05, 4.69) is 80.4 Å². The first-order valence-corrected chi connectivity index (χ1v) is 18.8. The van der Waals surface area contributed by atoms with Crippen molar-refractivity contribution >= 4 is 11.6 Å². The summed E-state index contributed by atoms with van der Waals surface area (Å²) in [6, 6.07) is 16.9. The molecule has 0 aromatic heterocycles. The number of amides is 1. The second kappa shape index (κ2) is 13.3. The number of benzene rings is 2. The van der Waals surface area contributed by atoms with Gasteiger partial charge >= 0.3 is 0 Å². The first-order chi connectivity index (χ1) is 21.9. The molecule has 4 fully saturated rings. The Balaban J connectivity index is 1.14. The van der Waals surface area contributed by atoms with E-state index in [1.165, 1.54) is 76.2 Å². The number of anilines is 1. The van der Waals surface area contributed by atoms with Crippen molar-refractivity contribution in [1.82, 2.24) is 5.32 Å². The molecule has 1 amide bonds. The molecule has 4 aliphatic rings. The molecule has 4 aliphatic carbocycles. The van der Waals surface area contributed by atoms with E-state index < -0.39 is 0 Å². The minimum atomic E-state index is -0.142. The predicted octanol–water partition coefficient (Wildman–Crippen LogP) is 9.44. The summed E-state index contributed by atoms with van der Waals surface area (Å²) in [5.74, 6) is 3.81. The molecular formula is C42H62N2O2. The molecule has 46 heavy (non-hydrogen) atoms. The number of carbonyl (C=O) groups is 1. The molecule has 0 radical (unpaired) electrons. The Morgan fingerprint density at radius 3 is 2.46 bits per heavy atom. The van der Waals surface area contributed by atoms with Gasteiger partial charge in [0.05, 0.1) is 6.10 Å². The molecule has 2 N–H and O–H groups in total. The highest BCUT2D eigenvalue weighted by atomic mass is 16.3. The third-order valence-electron chi connectivity index (χ3n) is 14.1. The van der Waals surface area contributed by atoms with E-state index in [9.17, 15) is 9.90 Å². The average molecular weight is 627 g/mol. The van der Waals surface area contributed by atoms with E-state index in [0.717, 1.165) is 53.3 Å². The lowest BCUT2D eigenvalue weighted by atomic mass is 9.40. The zero-order valence-electron chi connectivity index (χ0n) is 29.8. The summed E-state index contributed by atoms with van der Waals surface area (Å²) in [5, 5.41) is 14.6. The monoisotopic (exact) mass is 626 g/mol. The molecule has 8 atom stereocenters. The number of fused-ring (bicyclic) bond motifs is 5. The van der Waals surface area contributed by atoms with Gasteiger partial charge < -0.3 is 15.3 Å². The van der Waals surface area contributed by atoms with Gasteiger partial charge in [-0.2, -0.15) is 0 Å². The summed E-state index contributed by atoms with van der Waals surface area (Å²) in [4.78, 5) is 15.3. The van der Waals surface area contributed by atoms with Crippen LogP contribution in [0.5, 0.6) is 0 Å². The van der Waals surface area contributed by atoms with Crippen molar-refractivity contribution in [3.8, 4) is 0 Å². The van der Waals surface area contributed by atoms with Crippen LogP contribution in [0.2, 0.25) is 0 Å². The summed E-state index contributed by atoms with van der Waals surface area (Å²) in [6.07, 6.45) is 16.3. The summed E-state index contributed by atoms with van der Waals surface area (Å²) in [5.41, 5.74) is 5.20. The normalized spacial score (nSPS) is 35.3. The molecule has 0 aliphatic heterocycles. The summed E-state index contributed by atoms with van der Waals surface area (Å²) in [6.45, 7) is 10.3. The third-order valence-corrected chi connectivity index (χ3v) is 14.1. The Morgan fingerprint density at radius 2 is 1.72 bits per heavy atom. The highest BCUT2D eigenvalue weighted by molar-refractivity contribution is 5.94. The van der Waals surface area contributed by atoms with E-state index in [0.29, 0.717) is 23.3 Å². The molecule has 4 nitrogen and oxygen atoms in total. The van der Waals surface area contributed by atoms with Gasteiger partial charge in [0.15, 0.2) is 0 Å². The van der Waals surface area contributed by atoms with Crippen LogP contribution in [0.15, 0.2) is 48.5 Å². The van der Waals surface area contributed by atoms with Crippen LogP contribution >= 0.6 is 0 Å². The van der Waals surface area contributed by atoms with Crippen LogP contribution in [-0.2, 0) is 13.0 Å². The van der Waals surface area contributed by atoms with Gasteiger partial charge in [-0.05, 0) is 145 Å². The van der Waals surface area contributed by atoms with E-state index in [4.69, 9.17) is 0 Å². The number of rotatable bonds is 10. The third kappa shape index (κ3) is 6.29. The smallest absolute Gasteiger partial charge is 0.251 e. The Bertz CT molecular complexity index is 1350. The van der Waals surface area contributed by atoms with Crippen molar-refractivity contribution in [1.29, 1.82) is 0 Å². The van der Waals surface area contributed by atoms with E-state index in [1.807, 2.05) is 20.2 Å². The maximum absolute atomic E-state index is 13.3. The van der Waals surface area contributed by atoms with Crippen molar-refractivity contribution in [2.75, 3.05) is 19.0 Å². The van der Waals surface area contributed by atoms with Crippen molar-refractivity contribution in [2.45, 2.75) is 124 Å². The van der Waals surface area contributed by atoms with Crippen LogP contribution in [-0.4, -0.2) is 31.2 Å². The zero-order chi connectivity index (χ0) is 32.7. The number of aliphatic hydroxyl groups is 1. The molecule has 4 saturated carbocycles. The number of hydrogen-bond acceptors (Lipinski definition) is 3. The predicted molar refractivity (Wildman–Crippen MR) is 191 cm³/mol. The molecule has 2 aromatic rings. The van der Waals surface area contributed by atoms with Crippen LogP contribution in [0.25, 0.3) is 0 Å². The fourth-order valence-corrected chi connectivity index (χ4v) is 11.7. The standard InChI is InChI=1S/C42H62N2O2/c1-29(2)10-8-22-41(4)37-19-18-34-35(40(37,3)24-21-38(41)45)20-25-42(23-9-13-36(34)42)27-31-11-7-12-32(26-31)39(46)43-28-30-14-16-33(17-15-30)44(5)6/h7,11-12,14-17,26,29,34-38,45H,8-10,13,18-25,27-28H2,1-6H3,(H,43,46). The lowest BCUT2D eigenvalue weighted by molar-refractivity contribution is -0.185. The van der Waals surface area contributed by atoms with Crippen LogP contribution < -0.4 is 10.2 Å². The van der Waals surface area contributed by atoms with E-state index >= 15 is 0 Å². The summed E-state index contributed by atoms with van der Waals surface area (Å²) in [7, 11) is 4.09. The molecule has 6 rings (SSSR count). The number of nitrogens with zero attached hydrogens (tertiary/aromatic N) is 1. The Kier molecular flexibility index (Phi) is 9.70. The molecule has 8 unspecified atom stereocenters. The SMILES string of the molecule is CC(C)CCCC1(C)C(O)CCC2(C)C3CCC4(Cc5cccc(C(=O)NCc6ccc(N(C)C)cc6)c5)CCCC4C3CCC12. The number of nitrogens with one attached hydrogen (secondary N) is 1. The molecule has 0 heterocycles. The number of aliphatic hydroxyl groups excluding tert-OH is 1. The molecule has 0 bridgehead atoms. The van der Waals surface area contributed by atoms with Crippen LogP contribution in [0, 0.1) is 45.8 Å². The van der Waals surface area contributed by atoms with Gasteiger partial charge in [0.1, 0.15) is 0 Å². The molecule has 4 heteroatoms. The number of carbonyl (C=O) groups excluding carboxylic acids is 1. The van der Waals surface area contributed by atoms with Gasteiger partial charge in [0, 0.05) is 31.9 Å². The maximum atomic E-state index is 13.3. The topological polar surface area (TPSA) is 52.6 Å². The van der Waals surface area contributed by atoms with Gasteiger partial charge in [-0.15, -0.1) is 0 Å². The highest BCUT2D eigenvalue weighted by Gasteiger charge is 2.63. The average Bonchev–Trinajstić information content (AvgIpc) is 3.46. The summed E-state index contributed by atoms with van der Waals surface area (Å²) < 4.78 is 0. The Hall–Kier alpha value is -2.33. The van der Waals surface area contributed by atoms with Crippen LogP contribution in [0.1, 0.15) is 126 Å². The first-order valence-electron chi connectivity index (χ1n) is 18.8. The van der Waals surface area contributed by atoms with E-state index in [1.54, 1.807) is 0 Å². The van der Waals surface area contributed by atoms with Crippen molar-refractivity contribution in [3.05, 3.63) is 65.2 Å². The van der Waals surface area contributed by atoms with Gasteiger partial charge in [-0.1, -0.05) is 71.2 Å². The lowest BCUT2D eigenvalue weighted by Crippen LogP contribution is -2.60. The van der Waals surface area contributed by atoms with Gasteiger partial charge in [0.2, 0.25) is 0 Å². The molecule has 252 valence electrons. The second-order valence-corrected chi connectivity index (χ2v) is 17.3. The summed E-state index contributed by atoms with van der Waals surface area (Å²) >= 11 is 0. The minimum Gasteiger partial charge on any atom is -0.393 e. The fraction of sp³-hybridized carbons (Fsp3) is 0.690. The minimum absolute atomic E-state index is 0.0184. The molecule has 0 spiro atoms. The Labute approximate surface area is 280 Å².